The first-order chi connectivity index (χ1) is 9.54. The molecule has 0 unspecified atom stereocenters. The molecule has 0 saturated carbocycles. The Bertz CT molecular complexity index is 643. The van der Waals surface area contributed by atoms with Crippen molar-refractivity contribution in [2.24, 2.45) is 5.73 Å². The molecule has 0 amide bonds. The maximum atomic E-state index is 7.68. The second kappa shape index (κ2) is 5.84. The molecule has 104 valence electrons. The molecule has 0 aromatic heterocycles. The summed E-state index contributed by atoms with van der Waals surface area (Å²) >= 11 is 6.06. The highest BCUT2D eigenvalue weighted by molar-refractivity contribution is 6.31. The van der Waals surface area contributed by atoms with Crippen LogP contribution in [-0.2, 0) is 0 Å². The first kappa shape index (κ1) is 14.2. The van der Waals surface area contributed by atoms with E-state index in [-0.39, 0.29) is 5.84 Å². The lowest BCUT2D eigenvalue weighted by Gasteiger charge is -2.24. The fraction of sp³-hybridized carbons (Fsp3) is 0.133. The second-order valence-corrected chi connectivity index (χ2v) is 4.74. The minimum atomic E-state index is -0.00147. The van der Waals surface area contributed by atoms with Gasteiger partial charge in [-0.1, -0.05) is 23.7 Å². The molecule has 0 heterocycles. The van der Waals surface area contributed by atoms with E-state index in [0.29, 0.717) is 10.6 Å². The number of hydrogen-bond donors (Lipinski definition) is 2. The van der Waals surface area contributed by atoms with Crippen LogP contribution in [0, 0.1) is 5.41 Å². The van der Waals surface area contributed by atoms with E-state index in [1.165, 1.54) is 0 Å². The van der Waals surface area contributed by atoms with Crippen molar-refractivity contribution in [3.8, 4) is 5.75 Å². The summed E-state index contributed by atoms with van der Waals surface area (Å²) in [5, 5.41) is 8.27. The summed E-state index contributed by atoms with van der Waals surface area (Å²) in [6.45, 7) is 0. The minimum Gasteiger partial charge on any atom is -0.495 e. The van der Waals surface area contributed by atoms with Gasteiger partial charge in [0.15, 0.2) is 0 Å². The fourth-order valence-electron chi connectivity index (χ4n) is 2.05. The highest BCUT2D eigenvalue weighted by Gasteiger charge is 2.15. The maximum absolute atomic E-state index is 7.68. The van der Waals surface area contributed by atoms with E-state index in [0.717, 1.165) is 17.1 Å². The Kier molecular flexibility index (Phi) is 4.15. The Balaban J connectivity index is 2.55. The Morgan fingerprint density at radius 3 is 2.55 bits per heavy atom. The number of rotatable bonds is 4. The number of nitrogens with one attached hydrogen (secondary N) is 1. The van der Waals surface area contributed by atoms with Crippen molar-refractivity contribution in [1.29, 1.82) is 5.41 Å². The van der Waals surface area contributed by atoms with Crippen molar-refractivity contribution < 1.29 is 4.74 Å². The third-order valence-corrected chi connectivity index (χ3v) is 3.29. The molecule has 0 spiro atoms. The van der Waals surface area contributed by atoms with Gasteiger partial charge in [-0.05, 0) is 30.3 Å². The molecule has 0 aliphatic heterocycles. The smallest absolute Gasteiger partial charge is 0.142 e. The van der Waals surface area contributed by atoms with Gasteiger partial charge in [-0.25, -0.2) is 0 Å². The van der Waals surface area contributed by atoms with Crippen LogP contribution >= 0.6 is 11.6 Å². The normalized spacial score (nSPS) is 10.2. The van der Waals surface area contributed by atoms with Gasteiger partial charge in [0.1, 0.15) is 11.6 Å². The van der Waals surface area contributed by atoms with Crippen molar-refractivity contribution in [3.63, 3.8) is 0 Å². The van der Waals surface area contributed by atoms with Crippen molar-refractivity contribution >= 4 is 28.8 Å². The number of para-hydroxylation sites is 2. The molecule has 2 aromatic carbocycles. The predicted molar refractivity (Wildman–Crippen MR) is 83.5 cm³/mol. The van der Waals surface area contributed by atoms with Crippen molar-refractivity contribution in [1.82, 2.24) is 0 Å². The van der Waals surface area contributed by atoms with Crippen molar-refractivity contribution in [3.05, 3.63) is 53.1 Å². The zero-order valence-corrected chi connectivity index (χ0v) is 12.1. The highest BCUT2D eigenvalue weighted by atomic mass is 35.5. The number of nitrogen functional groups attached to an aromatic ring is 1. The Morgan fingerprint density at radius 2 is 1.90 bits per heavy atom. The summed E-state index contributed by atoms with van der Waals surface area (Å²) in [4.78, 5) is 1.90. The van der Waals surface area contributed by atoms with Crippen LogP contribution in [0.25, 0.3) is 0 Å². The van der Waals surface area contributed by atoms with Gasteiger partial charge in [0, 0.05) is 17.6 Å². The summed E-state index contributed by atoms with van der Waals surface area (Å²) in [5.41, 5.74) is 7.89. The highest BCUT2D eigenvalue weighted by Crippen LogP contribution is 2.35. The zero-order valence-electron chi connectivity index (χ0n) is 11.4. The lowest BCUT2D eigenvalue weighted by Crippen LogP contribution is -2.19. The Morgan fingerprint density at radius 1 is 1.20 bits per heavy atom. The first-order valence-corrected chi connectivity index (χ1v) is 6.43. The Hall–Kier alpha value is -2.20. The number of nitrogens with two attached hydrogens (primary N) is 1. The lowest BCUT2D eigenvalue weighted by molar-refractivity contribution is 0.415. The SMILES string of the molecule is COc1ccccc1N(C)c1cc(Cl)ccc1C(=N)N. The molecular formula is C15H16ClN3O. The van der Waals surface area contributed by atoms with Crippen LogP contribution in [0.1, 0.15) is 5.56 Å². The van der Waals surface area contributed by atoms with Crippen LogP contribution in [0.15, 0.2) is 42.5 Å². The summed E-state index contributed by atoms with van der Waals surface area (Å²) in [6.07, 6.45) is 0. The van der Waals surface area contributed by atoms with Gasteiger partial charge >= 0.3 is 0 Å². The minimum absolute atomic E-state index is 0.00147. The monoisotopic (exact) mass is 289 g/mol. The van der Waals surface area contributed by atoms with E-state index in [1.807, 2.05) is 36.2 Å². The standard InChI is InChI=1S/C15H16ClN3O/c1-19(12-5-3-4-6-14(12)20-2)13-9-10(16)7-8-11(13)15(17)18/h3-9H,1-2H3,(H3,17,18). The van der Waals surface area contributed by atoms with Gasteiger partial charge in [-0.2, -0.15) is 0 Å². The molecular weight excluding hydrogens is 274 g/mol. The van der Waals surface area contributed by atoms with Crippen LogP contribution in [-0.4, -0.2) is 20.0 Å². The zero-order chi connectivity index (χ0) is 14.7. The predicted octanol–water partition coefficient (Wildman–Crippen LogP) is 3.40. The van der Waals surface area contributed by atoms with Crippen LogP contribution in [0.4, 0.5) is 11.4 Å². The average Bonchev–Trinajstić information content (AvgIpc) is 2.46. The van der Waals surface area contributed by atoms with Gasteiger partial charge < -0.3 is 15.4 Å². The molecule has 0 saturated heterocycles. The van der Waals surface area contributed by atoms with Crippen LogP contribution in [0.3, 0.4) is 0 Å². The van der Waals surface area contributed by atoms with E-state index in [9.17, 15) is 0 Å². The topological polar surface area (TPSA) is 62.3 Å². The number of anilines is 2. The maximum Gasteiger partial charge on any atom is 0.142 e. The van der Waals surface area contributed by atoms with E-state index < -0.39 is 0 Å². The molecule has 3 N–H and O–H groups in total. The number of methoxy groups -OCH3 is 1. The molecule has 2 aromatic rings. The molecule has 0 radical (unpaired) electrons. The van der Waals surface area contributed by atoms with E-state index in [1.54, 1.807) is 25.3 Å². The number of hydrogen-bond acceptors (Lipinski definition) is 3. The van der Waals surface area contributed by atoms with Crippen LogP contribution < -0.4 is 15.4 Å². The van der Waals surface area contributed by atoms with Gasteiger partial charge in [0.25, 0.3) is 0 Å². The van der Waals surface area contributed by atoms with Gasteiger partial charge in [-0.15, -0.1) is 0 Å². The number of nitrogens with zero attached hydrogens (tertiary/aromatic N) is 1. The number of halogens is 1. The summed E-state index contributed by atoms with van der Waals surface area (Å²) in [6, 6.07) is 12.9. The molecule has 0 bridgehead atoms. The summed E-state index contributed by atoms with van der Waals surface area (Å²) in [5.74, 6) is 0.739. The van der Waals surface area contributed by atoms with Crippen LogP contribution in [0.2, 0.25) is 5.02 Å². The third-order valence-electron chi connectivity index (χ3n) is 3.06. The molecule has 0 atom stereocenters. The first-order valence-electron chi connectivity index (χ1n) is 6.05. The quantitative estimate of drug-likeness (QED) is 0.670. The molecule has 0 fully saturated rings. The molecule has 0 aliphatic rings. The molecule has 4 nitrogen and oxygen atoms in total. The molecule has 2 rings (SSSR count). The van der Waals surface area contributed by atoms with Gasteiger partial charge in [0.2, 0.25) is 0 Å². The van der Waals surface area contributed by atoms with Crippen LogP contribution in [0.5, 0.6) is 5.75 Å². The summed E-state index contributed by atoms with van der Waals surface area (Å²) < 4.78 is 5.36. The molecule has 0 aliphatic carbocycles. The van der Waals surface area contributed by atoms with E-state index in [2.05, 4.69) is 0 Å². The molecule has 5 heteroatoms. The summed E-state index contributed by atoms with van der Waals surface area (Å²) in [7, 11) is 3.51. The van der Waals surface area contributed by atoms with Gasteiger partial charge in [0.05, 0.1) is 18.5 Å². The average molecular weight is 290 g/mol. The van der Waals surface area contributed by atoms with E-state index in [4.69, 9.17) is 27.5 Å². The Labute approximate surface area is 123 Å². The fourth-order valence-corrected chi connectivity index (χ4v) is 2.21. The second-order valence-electron chi connectivity index (χ2n) is 4.31. The van der Waals surface area contributed by atoms with Crippen molar-refractivity contribution in [2.45, 2.75) is 0 Å². The lowest BCUT2D eigenvalue weighted by atomic mass is 10.1. The number of amidine groups is 1. The van der Waals surface area contributed by atoms with Gasteiger partial charge in [-0.3, -0.25) is 5.41 Å². The van der Waals surface area contributed by atoms with E-state index >= 15 is 0 Å². The van der Waals surface area contributed by atoms with Crippen molar-refractivity contribution in [2.75, 3.05) is 19.1 Å². The third kappa shape index (κ3) is 2.70. The number of benzene rings is 2. The number of ether oxygens (including phenoxy) is 1. The molecule has 20 heavy (non-hydrogen) atoms. The largest absolute Gasteiger partial charge is 0.495 e.